The fourth-order valence-electron chi connectivity index (χ4n) is 0.924. The first-order chi connectivity index (χ1) is 5.68. The molecular formula is C10H14ClN. The minimum atomic E-state index is 0.528. The second-order valence-electron chi connectivity index (χ2n) is 3.16. The second kappa shape index (κ2) is 4.48. The zero-order valence-electron chi connectivity index (χ0n) is 7.47. The third-order valence-electron chi connectivity index (χ3n) is 1.63. The summed E-state index contributed by atoms with van der Waals surface area (Å²) in [6.07, 6.45) is 0. The smallest absolute Gasteiger partial charge is 0.0406 e. The Hall–Kier alpha value is -0.530. The van der Waals surface area contributed by atoms with Crippen molar-refractivity contribution in [3.05, 3.63) is 34.9 Å². The van der Waals surface area contributed by atoms with Gasteiger partial charge in [0.2, 0.25) is 0 Å². The van der Waals surface area contributed by atoms with E-state index in [-0.39, 0.29) is 0 Å². The maximum absolute atomic E-state index is 5.75. The van der Waals surface area contributed by atoms with E-state index < -0.39 is 0 Å². The third kappa shape index (κ3) is 3.24. The van der Waals surface area contributed by atoms with Gasteiger partial charge in [0.05, 0.1) is 0 Å². The Balaban J connectivity index is 2.48. The average molecular weight is 184 g/mol. The molecule has 0 amide bonds. The number of nitrogens with one attached hydrogen (secondary N) is 1. The van der Waals surface area contributed by atoms with Crippen LogP contribution in [-0.4, -0.2) is 6.04 Å². The van der Waals surface area contributed by atoms with Gasteiger partial charge in [0, 0.05) is 17.6 Å². The van der Waals surface area contributed by atoms with Gasteiger partial charge in [-0.1, -0.05) is 37.6 Å². The second-order valence-corrected chi connectivity index (χ2v) is 3.60. The van der Waals surface area contributed by atoms with Gasteiger partial charge in [-0.2, -0.15) is 0 Å². The Morgan fingerprint density at radius 2 is 1.83 bits per heavy atom. The molecule has 0 atom stereocenters. The first kappa shape index (κ1) is 9.56. The van der Waals surface area contributed by atoms with Crippen LogP contribution in [0.2, 0.25) is 5.02 Å². The molecule has 2 heteroatoms. The minimum absolute atomic E-state index is 0.528. The lowest BCUT2D eigenvalue weighted by Gasteiger charge is -2.07. The molecule has 0 unspecified atom stereocenters. The molecule has 0 fully saturated rings. The van der Waals surface area contributed by atoms with Crippen LogP contribution < -0.4 is 5.32 Å². The maximum atomic E-state index is 5.75. The van der Waals surface area contributed by atoms with Gasteiger partial charge in [0.1, 0.15) is 0 Å². The highest BCUT2D eigenvalue weighted by Gasteiger charge is 1.94. The van der Waals surface area contributed by atoms with Gasteiger partial charge < -0.3 is 5.32 Å². The zero-order valence-corrected chi connectivity index (χ0v) is 8.23. The molecule has 0 radical (unpaired) electrons. The minimum Gasteiger partial charge on any atom is -0.310 e. The average Bonchev–Trinajstić information content (AvgIpc) is 2.03. The number of rotatable bonds is 3. The molecule has 0 aliphatic carbocycles. The normalized spacial score (nSPS) is 10.7. The number of halogens is 1. The molecular weight excluding hydrogens is 170 g/mol. The molecule has 0 aliphatic rings. The van der Waals surface area contributed by atoms with E-state index >= 15 is 0 Å². The largest absolute Gasteiger partial charge is 0.310 e. The summed E-state index contributed by atoms with van der Waals surface area (Å²) in [6.45, 7) is 5.18. The lowest BCUT2D eigenvalue weighted by molar-refractivity contribution is 0.589. The molecule has 0 heterocycles. The Morgan fingerprint density at radius 1 is 1.25 bits per heavy atom. The summed E-state index contributed by atoms with van der Waals surface area (Å²) in [4.78, 5) is 0. The Labute approximate surface area is 78.7 Å². The summed E-state index contributed by atoms with van der Waals surface area (Å²) in [5.41, 5.74) is 1.27. The molecule has 0 aromatic heterocycles. The molecule has 1 nitrogen and oxygen atoms in total. The monoisotopic (exact) mass is 183 g/mol. The van der Waals surface area contributed by atoms with Gasteiger partial charge in [-0.3, -0.25) is 0 Å². The quantitative estimate of drug-likeness (QED) is 0.760. The van der Waals surface area contributed by atoms with Gasteiger partial charge >= 0.3 is 0 Å². The number of benzene rings is 1. The summed E-state index contributed by atoms with van der Waals surface area (Å²) in [7, 11) is 0. The van der Waals surface area contributed by atoms with E-state index in [2.05, 4.69) is 19.2 Å². The van der Waals surface area contributed by atoms with Crippen LogP contribution in [0, 0.1) is 0 Å². The molecule has 0 aliphatic heterocycles. The van der Waals surface area contributed by atoms with Crippen molar-refractivity contribution in [1.82, 2.24) is 5.32 Å². The van der Waals surface area contributed by atoms with E-state index in [0.717, 1.165) is 11.6 Å². The predicted molar refractivity (Wildman–Crippen MR) is 53.4 cm³/mol. The van der Waals surface area contributed by atoms with Gasteiger partial charge in [-0.15, -0.1) is 0 Å². The molecule has 0 spiro atoms. The van der Waals surface area contributed by atoms with Gasteiger partial charge in [-0.05, 0) is 17.7 Å². The highest BCUT2D eigenvalue weighted by molar-refractivity contribution is 6.30. The van der Waals surface area contributed by atoms with Crippen LogP contribution in [0.25, 0.3) is 0 Å². The summed E-state index contributed by atoms with van der Waals surface area (Å²) in [6, 6.07) is 8.44. The number of hydrogen-bond donors (Lipinski definition) is 1. The van der Waals surface area contributed by atoms with Crippen LogP contribution >= 0.6 is 11.6 Å². The first-order valence-electron chi connectivity index (χ1n) is 4.16. The van der Waals surface area contributed by atoms with Crippen molar-refractivity contribution in [2.24, 2.45) is 0 Å². The van der Waals surface area contributed by atoms with E-state index in [4.69, 9.17) is 11.6 Å². The van der Waals surface area contributed by atoms with Crippen LogP contribution in [0.3, 0.4) is 0 Å². The van der Waals surface area contributed by atoms with Crippen molar-refractivity contribution in [1.29, 1.82) is 0 Å². The van der Waals surface area contributed by atoms with E-state index in [1.54, 1.807) is 0 Å². The van der Waals surface area contributed by atoms with Crippen molar-refractivity contribution in [3.8, 4) is 0 Å². The topological polar surface area (TPSA) is 12.0 Å². The lowest BCUT2D eigenvalue weighted by atomic mass is 10.2. The van der Waals surface area contributed by atoms with Crippen LogP contribution in [0.5, 0.6) is 0 Å². The summed E-state index contributed by atoms with van der Waals surface area (Å²) < 4.78 is 0. The zero-order chi connectivity index (χ0) is 8.97. The Morgan fingerprint density at radius 3 is 2.33 bits per heavy atom. The van der Waals surface area contributed by atoms with Gasteiger partial charge in [-0.25, -0.2) is 0 Å². The Bertz CT molecular complexity index is 228. The molecule has 1 aromatic rings. The molecule has 1 rings (SSSR count). The van der Waals surface area contributed by atoms with Crippen molar-refractivity contribution < 1.29 is 0 Å². The van der Waals surface area contributed by atoms with Crippen LogP contribution in [0.4, 0.5) is 0 Å². The molecule has 12 heavy (non-hydrogen) atoms. The molecule has 0 saturated carbocycles. The standard InChI is InChI=1S/C10H14ClN/c1-8(2)12-7-9-3-5-10(11)6-4-9/h3-6,8,12H,7H2,1-2H3. The summed E-state index contributed by atoms with van der Waals surface area (Å²) in [5.74, 6) is 0. The summed E-state index contributed by atoms with van der Waals surface area (Å²) in [5, 5.41) is 4.13. The number of hydrogen-bond acceptors (Lipinski definition) is 1. The molecule has 1 aromatic carbocycles. The fourth-order valence-corrected chi connectivity index (χ4v) is 1.05. The predicted octanol–water partition coefficient (Wildman–Crippen LogP) is 2.84. The lowest BCUT2D eigenvalue weighted by Crippen LogP contribution is -2.21. The van der Waals surface area contributed by atoms with E-state index in [9.17, 15) is 0 Å². The van der Waals surface area contributed by atoms with Crippen LogP contribution in [0.15, 0.2) is 24.3 Å². The SMILES string of the molecule is CC(C)NCc1ccc(Cl)cc1. The van der Waals surface area contributed by atoms with Crippen LogP contribution in [-0.2, 0) is 6.54 Å². The van der Waals surface area contributed by atoms with Crippen molar-refractivity contribution in [2.45, 2.75) is 26.4 Å². The van der Waals surface area contributed by atoms with Gasteiger partial charge in [0.25, 0.3) is 0 Å². The van der Waals surface area contributed by atoms with Gasteiger partial charge in [0.15, 0.2) is 0 Å². The van der Waals surface area contributed by atoms with Crippen molar-refractivity contribution in [3.63, 3.8) is 0 Å². The van der Waals surface area contributed by atoms with Crippen molar-refractivity contribution >= 4 is 11.6 Å². The highest BCUT2D eigenvalue weighted by Crippen LogP contribution is 2.09. The third-order valence-corrected chi connectivity index (χ3v) is 1.88. The molecule has 66 valence electrons. The first-order valence-corrected chi connectivity index (χ1v) is 4.54. The fraction of sp³-hybridized carbons (Fsp3) is 0.400. The molecule has 1 N–H and O–H groups in total. The Kier molecular flexibility index (Phi) is 3.57. The molecule has 0 saturated heterocycles. The molecule has 0 bridgehead atoms. The van der Waals surface area contributed by atoms with Crippen molar-refractivity contribution in [2.75, 3.05) is 0 Å². The van der Waals surface area contributed by atoms with E-state index in [1.807, 2.05) is 24.3 Å². The van der Waals surface area contributed by atoms with Crippen LogP contribution in [0.1, 0.15) is 19.4 Å². The van der Waals surface area contributed by atoms with E-state index in [1.165, 1.54) is 5.56 Å². The highest BCUT2D eigenvalue weighted by atomic mass is 35.5. The van der Waals surface area contributed by atoms with E-state index in [0.29, 0.717) is 6.04 Å². The summed E-state index contributed by atoms with van der Waals surface area (Å²) >= 11 is 5.75. The maximum Gasteiger partial charge on any atom is 0.0406 e.